The molecule has 0 amide bonds. The van der Waals surface area contributed by atoms with Gasteiger partial charge in [-0.25, -0.2) is 4.98 Å². The molecule has 0 saturated heterocycles. The van der Waals surface area contributed by atoms with E-state index in [4.69, 9.17) is 5.73 Å². The number of hydrogen-bond donors (Lipinski definition) is 3. The number of halogens is 1. The first-order valence-corrected chi connectivity index (χ1v) is 3.86. The van der Waals surface area contributed by atoms with E-state index in [9.17, 15) is 0 Å². The van der Waals surface area contributed by atoms with Crippen LogP contribution in [0, 0.1) is 0 Å². The molecule has 1 aromatic rings. The van der Waals surface area contributed by atoms with Crippen molar-refractivity contribution in [1.29, 1.82) is 0 Å². The number of H-pyrrole nitrogens is 1. The van der Waals surface area contributed by atoms with E-state index in [1.165, 1.54) is 0 Å². The highest BCUT2D eigenvalue weighted by molar-refractivity contribution is 9.10. The van der Waals surface area contributed by atoms with Gasteiger partial charge in [0.25, 0.3) is 0 Å². The maximum Gasteiger partial charge on any atom is 0.176 e. The summed E-state index contributed by atoms with van der Waals surface area (Å²) in [6.45, 7) is 0. The molecule has 1 aliphatic rings. The quantitative estimate of drug-likeness (QED) is 0.593. The number of aromatic amines is 1. The summed E-state index contributed by atoms with van der Waals surface area (Å²) in [6.07, 6.45) is 1.21. The van der Waals surface area contributed by atoms with Crippen LogP contribution in [0.5, 0.6) is 0 Å². The van der Waals surface area contributed by atoms with Gasteiger partial charge in [-0.2, -0.15) is 0 Å². The largest absolute Gasteiger partial charge is 0.332 e. The number of aliphatic imine (C=N–C) groups is 1. The molecule has 6 heteroatoms. The van der Waals surface area contributed by atoms with Gasteiger partial charge in [0.2, 0.25) is 0 Å². The fourth-order valence-electron chi connectivity index (χ4n) is 0.934. The number of nitrogens with one attached hydrogen (secondary N) is 2. The van der Waals surface area contributed by atoms with Gasteiger partial charge in [0, 0.05) is 0 Å². The van der Waals surface area contributed by atoms with Crippen molar-refractivity contribution in [3.8, 4) is 0 Å². The molecule has 11 heavy (non-hydrogen) atoms. The van der Waals surface area contributed by atoms with Gasteiger partial charge in [-0.05, 0) is 15.9 Å². The Morgan fingerprint density at radius 1 is 1.64 bits per heavy atom. The van der Waals surface area contributed by atoms with Crippen molar-refractivity contribution in [2.24, 2.45) is 10.7 Å². The normalized spacial score (nSPS) is 21.1. The van der Waals surface area contributed by atoms with E-state index in [1.54, 1.807) is 6.34 Å². The molecule has 0 aromatic carbocycles. The highest BCUT2D eigenvalue weighted by atomic mass is 79.9. The van der Waals surface area contributed by atoms with Crippen LogP contribution in [0.3, 0.4) is 0 Å². The lowest BCUT2D eigenvalue weighted by Gasteiger charge is -2.10. The molecule has 0 radical (unpaired) electrons. The van der Waals surface area contributed by atoms with Gasteiger partial charge in [0.15, 0.2) is 10.6 Å². The molecule has 0 bridgehead atoms. The van der Waals surface area contributed by atoms with Gasteiger partial charge < -0.3 is 16.0 Å². The third-order valence-electron chi connectivity index (χ3n) is 1.44. The molecule has 2 heterocycles. The van der Waals surface area contributed by atoms with Crippen molar-refractivity contribution in [3.05, 3.63) is 10.4 Å². The maximum absolute atomic E-state index is 5.63. The second kappa shape index (κ2) is 2.31. The van der Waals surface area contributed by atoms with E-state index in [2.05, 4.69) is 36.2 Å². The summed E-state index contributed by atoms with van der Waals surface area (Å²) < 4.78 is 0.663. The molecule has 1 atom stereocenters. The van der Waals surface area contributed by atoms with Gasteiger partial charge in [-0.1, -0.05) is 0 Å². The van der Waals surface area contributed by atoms with E-state index in [0.717, 1.165) is 11.5 Å². The minimum absolute atomic E-state index is 0.329. The lowest BCUT2D eigenvalue weighted by molar-refractivity contribution is 0.748. The zero-order valence-electron chi connectivity index (χ0n) is 5.50. The lowest BCUT2D eigenvalue weighted by Crippen LogP contribution is -2.16. The first-order chi connectivity index (χ1) is 5.27. The standard InChI is InChI=1S/C5H6BrN5/c6-5-10-2-3(7)8-1-9-4(2)11-5/h1,3H,7H2,(H,8,9)(H,10,11). The Morgan fingerprint density at radius 3 is 3.18 bits per heavy atom. The second-order valence-electron chi connectivity index (χ2n) is 2.16. The van der Waals surface area contributed by atoms with Gasteiger partial charge in [0.05, 0.1) is 12.0 Å². The summed E-state index contributed by atoms with van der Waals surface area (Å²) in [4.78, 5) is 11.0. The van der Waals surface area contributed by atoms with Crippen LogP contribution in [-0.2, 0) is 0 Å². The Morgan fingerprint density at radius 2 is 2.45 bits per heavy atom. The van der Waals surface area contributed by atoms with E-state index in [1.807, 2.05) is 0 Å². The SMILES string of the molecule is NC1N=CNc2nc(Br)[nH]c21. The minimum atomic E-state index is -0.329. The molecular weight excluding hydrogens is 210 g/mol. The van der Waals surface area contributed by atoms with Crippen LogP contribution in [0.25, 0.3) is 0 Å². The van der Waals surface area contributed by atoms with Crippen molar-refractivity contribution in [2.45, 2.75) is 6.17 Å². The molecule has 2 rings (SSSR count). The van der Waals surface area contributed by atoms with Crippen molar-refractivity contribution >= 4 is 28.1 Å². The van der Waals surface area contributed by atoms with Gasteiger partial charge in [0.1, 0.15) is 6.17 Å². The second-order valence-corrected chi connectivity index (χ2v) is 2.91. The maximum atomic E-state index is 5.63. The topological polar surface area (TPSA) is 79.1 Å². The lowest BCUT2D eigenvalue weighted by atomic mass is 10.3. The molecule has 1 aromatic heterocycles. The molecule has 0 aliphatic carbocycles. The number of nitrogens with two attached hydrogens (primary N) is 1. The summed E-state index contributed by atoms with van der Waals surface area (Å²) >= 11 is 3.20. The third-order valence-corrected chi connectivity index (χ3v) is 1.81. The molecule has 4 N–H and O–H groups in total. The Kier molecular flexibility index (Phi) is 1.43. The van der Waals surface area contributed by atoms with Gasteiger partial charge in [-0.3, -0.25) is 4.99 Å². The van der Waals surface area contributed by atoms with Crippen LogP contribution in [-0.4, -0.2) is 16.3 Å². The number of anilines is 1. The summed E-state index contributed by atoms with van der Waals surface area (Å²) in [7, 11) is 0. The molecule has 5 nitrogen and oxygen atoms in total. The Hall–Kier alpha value is -0.880. The van der Waals surface area contributed by atoms with Crippen LogP contribution in [0.15, 0.2) is 9.73 Å². The zero-order chi connectivity index (χ0) is 7.84. The Labute approximate surface area is 71.2 Å². The van der Waals surface area contributed by atoms with Crippen LogP contribution < -0.4 is 11.1 Å². The smallest absolute Gasteiger partial charge is 0.176 e. The first kappa shape index (κ1) is 6.81. The number of aromatic nitrogens is 2. The average molecular weight is 216 g/mol. The number of hydrogen-bond acceptors (Lipinski definition) is 4. The molecule has 0 spiro atoms. The summed E-state index contributed by atoms with van der Waals surface area (Å²) in [6, 6.07) is 0. The molecule has 58 valence electrons. The zero-order valence-corrected chi connectivity index (χ0v) is 7.09. The average Bonchev–Trinajstić information content (AvgIpc) is 2.31. The van der Waals surface area contributed by atoms with Gasteiger partial charge >= 0.3 is 0 Å². The van der Waals surface area contributed by atoms with Crippen LogP contribution in [0.2, 0.25) is 0 Å². The highest BCUT2D eigenvalue weighted by Crippen LogP contribution is 2.23. The number of fused-ring (bicyclic) bond motifs is 1. The number of imidazole rings is 1. The predicted octanol–water partition coefficient (Wildman–Crippen LogP) is 0.583. The molecule has 1 aliphatic heterocycles. The summed E-state index contributed by atoms with van der Waals surface area (Å²) in [5, 5.41) is 2.87. The fourth-order valence-corrected chi connectivity index (χ4v) is 1.32. The molecular formula is C5H6BrN5. The third kappa shape index (κ3) is 1.04. The number of rotatable bonds is 0. The predicted molar refractivity (Wildman–Crippen MR) is 45.3 cm³/mol. The fraction of sp³-hybridized carbons (Fsp3) is 0.200. The van der Waals surface area contributed by atoms with E-state index >= 15 is 0 Å². The van der Waals surface area contributed by atoms with Crippen LogP contribution >= 0.6 is 15.9 Å². The first-order valence-electron chi connectivity index (χ1n) is 3.06. The minimum Gasteiger partial charge on any atom is -0.332 e. The van der Waals surface area contributed by atoms with Crippen molar-refractivity contribution in [2.75, 3.05) is 5.32 Å². The monoisotopic (exact) mass is 215 g/mol. The van der Waals surface area contributed by atoms with Gasteiger partial charge in [-0.15, -0.1) is 0 Å². The molecule has 0 fully saturated rings. The van der Waals surface area contributed by atoms with E-state index in [0.29, 0.717) is 4.73 Å². The number of nitrogens with zero attached hydrogens (tertiary/aromatic N) is 2. The summed E-state index contributed by atoms with van der Waals surface area (Å²) in [5.74, 6) is 0.736. The van der Waals surface area contributed by atoms with E-state index in [-0.39, 0.29) is 6.17 Å². The molecule has 1 unspecified atom stereocenters. The highest BCUT2D eigenvalue weighted by Gasteiger charge is 2.16. The Bertz CT molecular complexity index is 304. The van der Waals surface area contributed by atoms with Crippen molar-refractivity contribution in [3.63, 3.8) is 0 Å². The van der Waals surface area contributed by atoms with Crippen LogP contribution in [0.4, 0.5) is 5.82 Å². The van der Waals surface area contributed by atoms with E-state index < -0.39 is 0 Å². The van der Waals surface area contributed by atoms with Crippen molar-refractivity contribution in [1.82, 2.24) is 9.97 Å². The summed E-state index contributed by atoms with van der Waals surface area (Å²) in [5.41, 5.74) is 6.43. The van der Waals surface area contributed by atoms with Crippen molar-refractivity contribution < 1.29 is 0 Å². The van der Waals surface area contributed by atoms with Crippen LogP contribution in [0.1, 0.15) is 11.9 Å². The molecule has 0 saturated carbocycles. The Balaban J connectivity index is 2.49.